The van der Waals surface area contributed by atoms with E-state index in [4.69, 9.17) is 0 Å². The summed E-state index contributed by atoms with van der Waals surface area (Å²) in [5, 5.41) is 3.25. The van der Waals surface area contributed by atoms with Crippen LogP contribution in [0.2, 0.25) is 0 Å². The zero-order valence-corrected chi connectivity index (χ0v) is 9.07. The first-order valence-corrected chi connectivity index (χ1v) is 6.90. The van der Waals surface area contributed by atoms with Crippen molar-refractivity contribution >= 4 is 9.84 Å². The van der Waals surface area contributed by atoms with E-state index < -0.39 is 9.84 Å². The summed E-state index contributed by atoms with van der Waals surface area (Å²) in [7, 11) is -2.79. The lowest BCUT2D eigenvalue weighted by Crippen LogP contribution is -2.39. The molecule has 1 saturated heterocycles. The Morgan fingerprint density at radius 3 is 2.69 bits per heavy atom. The Hall–Kier alpha value is -0.0900. The minimum absolute atomic E-state index is 0.213. The lowest BCUT2D eigenvalue weighted by atomic mass is 10.1. The fourth-order valence-corrected chi connectivity index (χ4v) is 3.45. The highest BCUT2D eigenvalue weighted by atomic mass is 32.2. The molecule has 1 rings (SSSR count). The third-order valence-electron chi connectivity index (χ3n) is 2.38. The van der Waals surface area contributed by atoms with Gasteiger partial charge in [0.05, 0.1) is 5.75 Å². The van der Waals surface area contributed by atoms with Crippen molar-refractivity contribution in [1.29, 1.82) is 0 Å². The van der Waals surface area contributed by atoms with E-state index in [1.165, 1.54) is 12.8 Å². The fraction of sp³-hybridized carbons (Fsp3) is 1.00. The van der Waals surface area contributed by atoms with Crippen molar-refractivity contribution in [3.63, 3.8) is 0 Å². The van der Waals surface area contributed by atoms with Crippen LogP contribution in [0.25, 0.3) is 0 Å². The van der Waals surface area contributed by atoms with Gasteiger partial charge in [0.25, 0.3) is 0 Å². The molecule has 1 heterocycles. The van der Waals surface area contributed by atoms with Gasteiger partial charge in [0.2, 0.25) is 0 Å². The van der Waals surface area contributed by atoms with Crippen molar-refractivity contribution in [3.8, 4) is 0 Å². The van der Waals surface area contributed by atoms with Crippen LogP contribution in [0.15, 0.2) is 0 Å². The maximum absolute atomic E-state index is 11.5. The zero-order chi connectivity index (χ0) is 9.73. The molecule has 0 bridgehead atoms. The summed E-state index contributed by atoms with van der Waals surface area (Å²) in [4.78, 5) is 0. The largest absolute Gasteiger partial charge is 0.313 e. The van der Waals surface area contributed by atoms with E-state index in [1.54, 1.807) is 0 Å². The summed E-state index contributed by atoms with van der Waals surface area (Å²) >= 11 is 0. The first-order valence-electron chi connectivity index (χ1n) is 5.08. The predicted octanol–water partition coefficient (Wildman–Crippen LogP) is 0.953. The monoisotopic (exact) mass is 205 g/mol. The molecule has 0 aromatic heterocycles. The van der Waals surface area contributed by atoms with E-state index in [0.29, 0.717) is 11.5 Å². The molecule has 0 saturated carbocycles. The second kappa shape index (κ2) is 4.96. The third-order valence-corrected chi connectivity index (χ3v) is 4.32. The van der Waals surface area contributed by atoms with Crippen molar-refractivity contribution in [1.82, 2.24) is 5.32 Å². The Bertz CT molecular complexity index is 230. The van der Waals surface area contributed by atoms with Crippen LogP contribution >= 0.6 is 0 Å². The van der Waals surface area contributed by atoms with Crippen LogP contribution in [0, 0.1) is 0 Å². The molecule has 1 atom stereocenters. The predicted molar refractivity (Wildman–Crippen MR) is 54.6 cm³/mol. The zero-order valence-electron chi connectivity index (χ0n) is 8.25. The molecule has 0 aromatic rings. The number of rotatable bonds is 4. The van der Waals surface area contributed by atoms with Crippen molar-refractivity contribution in [2.75, 3.05) is 18.1 Å². The number of piperidine rings is 1. The maximum atomic E-state index is 11.5. The van der Waals surface area contributed by atoms with Crippen LogP contribution in [0.1, 0.15) is 32.6 Å². The normalized spacial score (nSPS) is 24.5. The van der Waals surface area contributed by atoms with Crippen molar-refractivity contribution in [2.24, 2.45) is 0 Å². The number of hydrogen-bond donors (Lipinski definition) is 1. The molecule has 1 fully saturated rings. The molecule has 78 valence electrons. The summed E-state index contributed by atoms with van der Waals surface area (Å²) in [6.45, 7) is 2.89. The molecule has 3 nitrogen and oxygen atoms in total. The Morgan fingerprint density at radius 1 is 1.38 bits per heavy atom. The minimum Gasteiger partial charge on any atom is -0.313 e. The molecule has 0 amide bonds. The Kier molecular flexibility index (Phi) is 4.19. The van der Waals surface area contributed by atoms with Gasteiger partial charge < -0.3 is 5.32 Å². The van der Waals surface area contributed by atoms with Gasteiger partial charge in [0, 0.05) is 11.8 Å². The van der Waals surface area contributed by atoms with E-state index in [9.17, 15) is 8.42 Å². The van der Waals surface area contributed by atoms with Gasteiger partial charge in [-0.15, -0.1) is 0 Å². The summed E-state index contributed by atoms with van der Waals surface area (Å²) in [5.41, 5.74) is 0. The van der Waals surface area contributed by atoms with Crippen LogP contribution in [0.5, 0.6) is 0 Å². The molecule has 1 unspecified atom stereocenters. The van der Waals surface area contributed by atoms with Gasteiger partial charge in [-0.1, -0.05) is 13.3 Å². The molecule has 0 aliphatic carbocycles. The topological polar surface area (TPSA) is 46.2 Å². The van der Waals surface area contributed by atoms with Gasteiger partial charge in [0.15, 0.2) is 9.84 Å². The maximum Gasteiger partial charge on any atom is 0.151 e. The lowest BCUT2D eigenvalue weighted by Gasteiger charge is -2.22. The molecule has 1 aliphatic rings. The van der Waals surface area contributed by atoms with Crippen molar-refractivity contribution < 1.29 is 8.42 Å². The minimum atomic E-state index is -2.79. The highest BCUT2D eigenvalue weighted by Gasteiger charge is 2.19. The quantitative estimate of drug-likeness (QED) is 0.743. The lowest BCUT2D eigenvalue weighted by molar-refractivity contribution is 0.423. The van der Waals surface area contributed by atoms with Gasteiger partial charge in [-0.3, -0.25) is 0 Å². The van der Waals surface area contributed by atoms with E-state index in [2.05, 4.69) is 5.32 Å². The van der Waals surface area contributed by atoms with Gasteiger partial charge in [-0.25, -0.2) is 8.42 Å². The summed E-state index contributed by atoms with van der Waals surface area (Å²) in [6, 6.07) is 0.213. The van der Waals surface area contributed by atoms with Gasteiger partial charge in [-0.05, 0) is 25.8 Å². The van der Waals surface area contributed by atoms with Gasteiger partial charge >= 0.3 is 0 Å². The molecule has 13 heavy (non-hydrogen) atoms. The standard InChI is InChI=1S/C9H19NO2S/c1-2-7-13(11,12)8-9-5-3-4-6-10-9/h9-10H,2-8H2,1H3. The van der Waals surface area contributed by atoms with Crippen LogP contribution in [-0.2, 0) is 9.84 Å². The van der Waals surface area contributed by atoms with E-state index >= 15 is 0 Å². The molecule has 0 aromatic carbocycles. The molecule has 1 aliphatic heterocycles. The Balaban J connectivity index is 2.37. The second-order valence-electron chi connectivity index (χ2n) is 3.76. The van der Waals surface area contributed by atoms with Crippen molar-refractivity contribution in [3.05, 3.63) is 0 Å². The highest BCUT2D eigenvalue weighted by Crippen LogP contribution is 2.09. The summed E-state index contributed by atoms with van der Waals surface area (Å²) in [5.74, 6) is 0.673. The van der Waals surface area contributed by atoms with Crippen LogP contribution in [0.3, 0.4) is 0 Å². The summed E-state index contributed by atoms with van der Waals surface area (Å²) < 4.78 is 22.9. The average molecular weight is 205 g/mol. The highest BCUT2D eigenvalue weighted by molar-refractivity contribution is 7.91. The third kappa shape index (κ3) is 4.09. The number of nitrogens with one attached hydrogen (secondary N) is 1. The molecule has 0 spiro atoms. The molecular weight excluding hydrogens is 186 g/mol. The van der Waals surface area contributed by atoms with E-state index in [0.717, 1.165) is 19.4 Å². The van der Waals surface area contributed by atoms with E-state index in [-0.39, 0.29) is 6.04 Å². The first-order chi connectivity index (χ1) is 6.14. The SMILES string of the molecule is CCCS(=O)(=O)CC1CCCCN1. The average Bonchev–Trinajstić information content (AvgIpc) is 2.04. The Morgan fingerprint density at radius 2 is 2.15 bits per heavy atom. The van der Waals surface area contributed by atoms with Crippen LogP contribution in [0.4, 0.5) is 0 Å². The number of sulfone groups is 1. The molecule has 1 N–H and O–H groups in total. The summed E-state index contributed by atoms with van der Waals surface area (Å²) in [6.07, 6.45) is 4.10. The van der Waals surface area contributed by atoms with E-state index in [1.807, 2.05) is 6.92 Å². The fourth-order valence-electron chi connectivity index (χ4n) is 1.77. The van der Waals surface area contributed by atoms with Gasteiger partial charge in [-0.2, -0.15) is 0 Å². The number of hydrogen-bond acceptors (Lipinski definition) is 3. The molecular formula is C9H19NO2S. The second-order valence-corrected chi connectivity index (χ2v) is 5.99. The van der Waals surface area contributed by atoms with Crippen molar-refractivity contribution in [2.45, 2.75) is 38.6 Å². The van der Waals surface area contributed by atoms with Crippen LogP contribution < -0.4 is 5.32 Å². The van der Waals surface area contributed by atoms with Crippen LogP contribution in [-0.4, -0.2) is 32.5 Å². The molecule has 0 radical (unpaired) electrons. The Labute approximate surface area is 80.8 Å². The smallest absolute Gasteiger partial charge is 0.151 e. The first kappa shape index (κ1) is 11.0. The van der Waals surface area contributed by atoms with Gasteiger partial charge in [0.1, 0.15) is 0 Å². The molecule has 4 heteroatoms.